The Morgan fingerprint density at radius 3 is 2.69 bits per heavy atom. The first-order valence-electron chi connectivity index (χ1n) is 5.79. The fourth-order valence-corrected chi connectivity index (χ4v) is 1.82. The van der Waals surface area contributed by atoms with Crippen LogP contribution in [0.15, 0.2) is 18.2 Å². The predicted molar refractivity (Wildman–Crippen MR) is 66.1 cm³/mol. The SMILES string of the molecule is CCCC(C)C(=O)c1ccc(C)c(OC)c1. The van der Waals surface area contributed by atoms with E-state index in [0.717, 1.165) is 29.7 Å². The Hall–Kier alpha value is -1.31. The van der Waals surface area contributed by atoms with Gasteiger partial charge in [-0.25, -0.2) is 0 Å². The Kier molecular flexibility index (Phi) is 4.53. The van der Waals surface area contributed by atoms with Gasteiger partial charge in [0.15, 0.2) is 5.78 Å². The fraction of sp³-hybridized carbons (Fsp3) is 0.500. The fourth-order valence-electron chi connectivity index (χ4n) is 1.82. The van der Waals surface area contributed by atoms with Crippen molar-refractivity contribution in [2.75, 3.05) is 7.11 Å². The van der Waals surface area contributed by atoms with Crippen molar-refractivity contribution in [2.45, 2.75) is 33.6 Å². The van der Waals surface area contributed by atoms with Crippen molar-refractivity contribution in [2.24, 2.45) is 5.92 Å². The molecule has 0 spiro atoms. The molecule has 0 aromatic heterocycles. The van der Waals surface area contributed by atoms with E-state index >= 15 is 0 Å². The van der Waals surface area contributed by atoms with Crippen LogP contribution in [0.4, 0.5) is 0 Å². The first-order chi connectivity index (χ1) is 7.60. The summed E-state index contributed by atoms with van der Waals surface area (Å²) >= 11 is 0. The summed E-state index contributed by atoms with van der Waals surface area (Å²) in [6, 6.07) is 5.65. The van der Waals surface area contributed by atoms with Crippen LogP contribution >= 0.6 is 0 Å². The van der Waals surface area contributed by atoms with Gasteiger partial charge in [0.25, 0.3) is 0 Å². The minimum atomic E-state index is 0.0948. The Balaban J connectivity index is 2.92. The zero-order valence-corrected chi connectivity index (χ0v) is 10.5. The number of methoxy groups -OCH3 is 1. The van der Waals surface area contributed by atoms with Crippen molar-refractivity contribution in [3.05, 3.63) is 29.3 Å². The van der Waals surface area contributed by atoms with E-state index in [1.54, 1.807) is 7.11 Å². The van der Waals surface area contributed by atoms with Crippen molar-refractivity contribution in [3.63, 3.8) is 0 Å². The number of aryl methyl sites for hydroxylation is 1. The smallest absolute Gasteiger partial charge is 0.165 e. The average Bonchev–Trinajstić information content (AvgIpc) is 2.29. The molecular formula is C14H20O2. The molecule has 88 valence electrons. The van der Waals surface area contributed by atoms with Crippen LogP contribution in [0.2, 0.25) is 0 Å². The number of ether oxygens (including phenoxy) is 1. The molecule has 1 aromatic carbocycles. The maximum atomic E-state index is 12.1. The van der Waals surface area contributed by atoms with Crippen LogP contribution < -0.4 is 4.74 Å². The van der Waals surface area contributed by atoms with Crippen LogP contribution in [0.1, 0.15) is 42.6 Å². The Labute approximate surface area is 97.6 Å². The monoisotopic (exact) mass is 220 g/mol. The van der Waals surface area contributed by atoms with E-state index in [1.165, 1.54) is 0 Å². The van der Waals surface area contributed by atoms with E-state index in [2.05, 4.69) is 6.92 Å². The maximum Gasteiger partial charge on any atom is 0.165 e. The molecule has 2 heteroatoms. The van der Waals surface area contributed by atoms with Gasteiger partial charge in [-0.1, -0.05) is 32.4 Å². The van der Waals surface area contributed by atoms with E-state index in [9.17, 15) is 4.79 Å². The molecule has 0 saturated heterocycles. The van der Waals surface area contributed by atoms with Gasteiger partial charge in [0.05, 0.1) is 7.11 Å². The number of carbonyl (C=O) groups is 1. The summed E-state index contributed by atoms with van der Waals surface area (Å²) in [7, 11) is 1.63. The Morgan fingerprint density at radius 2 is 2.12 bits per heavy atom. The molecule has 0 amide bonds. The van der Waals surface area contributed by atoms with Gasteiger partial charge in [0, 0.05) is 11.5 Å². The van der Waals surface area contributed by atoms with Crippen LogP contribution in [0, 0.1) is 12.8 Å². The highest BCUT2D eigenvalue weighted by molar-refractivity contribution is 5.98. The van der Waals surface area contributed by atoms with Gasteiger partial charge < -0.3 is 4.74 Å². The number of rotatable bonds is 5. The number of benzene rings is 1. The minimum Gasteiger partial charge on any atom is -0.496 e. The predicted octanol–water partition coefficient (Wildman–Crippen LogP) is 3.62. The molecule has 16 heavy (non-hydrogen) atoms. The van der Waals surface area contributed by atoms with E-state index in [4.69, 9.17) is 4.74 Å². The standard InChI is InChI=1S/C14H20O2/c1-5-6-11(3)14(15)12-8-7-10(2)13(9-12)16-4/h7-9,11H,5-6H2,1-4H3. The number of ketones is 1. The highest BCUT2D eigenvalue weighted by Gasteiger charge is 2.15. The van der Waals surface area contributed by atoms with Crippen molar-refractivity contribution in [3.8, 4) is 5.75 Å². The summed E-state index contributed by atoms with van der Waals surface area (Å²) in [6.07, 6.45) is 1.98. The van der Waals surface area contributed by atoms with E-state index in [-0.39, 0.29) is 11.7 Å². The topological polar surface area (TPSA) is 26.3 Å². The van der Waals surface area contributed by atoms with Gasteiger partial charge in [0.1, 0.15) is 5.75 Å². The van der Waals surface area contributed by atoms with Gasteiger partial charge in [-0.15, -0.1) is 0 Å². The maximum absolute atomic E-state index is 12.1. The zero-order chi connectivity index (χ0) is 12.1. The lowest BCUT2D eigenvalue weighted by Crippen LogP contribution is -2.11. The van der Waals surface area contributed by atoms with Crippen LogP contribution in [-0.2, 0) is 0 Å². The molecule has 0 radical (unpaired) electrons. The first-order valence-corrected chi connectivity index (χ1v) is 5.79. The highest BCUT2D eigenvalue weighted by atomic mass is 16.5. The highest BCUT2D eigenvalue weighted by Crippen LogP contribution is 2.22. The van der Waals surface area contributed by atoms with E-state index in [1.807, 2.05) is 32.0 Å². The molecule has 0 fully saturated rings. The van der Waals surface area contributed by atoms with Gasteiger partial charge in [-0.2, -0.15) is 0 Å². The normalized spacial score (nSPS) is 12.2. The second-order valence-corrected chi connectivity index (χ2v) is 4.24. The minimum absolute atomic E-state index is 0.0948. The molecule has 1 aromatic rings. The van der Waals surface area contributed by atoms with Crippen molar-refractivity contribution in [1.82, 2.24) is 0 Å². The number of Topliss-reactive ketones (excluding diaryl/α,β-unsaturated/α-hetero) is 1. The van der Waals surface area contributed by atoms with Crippen molar-refractivity contribution >= 4 is 5.78 Å². The molecule has 0 N–H and O–H groups in total. The lowest BCUT2D eigenvalue weighted by Gasteiger charge is -2.11. The number of carbonyl (C=O) groups excluding carboxylic acids is 1. The van der Waals surface area contributed by atoms with Crippen LogP contribution in [0.5, 0.6) is 5.75 Å². The molecule has 1 rings (SSSR count). The van der Waals surface area contributed by atoms with E-state index in [0.29, 0.717) is 0 Å². The Morgan fingerprint density at radius 1 is 1.44 bits per heavy atom. The number of hydrogen-bond acceptors (Lipinski definition) is 2. The largest absolute Gasteiger partial charge is 0.496 e. The summed E-state index contributed by atoms with van der Waals surface area (Å²) in [5.41, 5.74) is 1.81. The van der Waals surface area contributed by atoms with Crippen LogP contribution in [-0.4, -0.2) is 12.9 Å². The third-order valence-electron chi connectivity index (χ3n) is 2.86. The molecule has 0 saturated carbocycles. The summed E-state index contributed by atoms with van der Waals surface area (Å²) in [4.78, 5) is 12.1. The summed E-state index contributed by atoms with van der Waals surface area (Å²) in [5.74, 6) is 1.09. The van der Waals surface area contributed by atoms with Crippen LogP contribution in [0.25, 0.3) is 0 Å². The third kappa shape index (κ3) is 2.84. The summed E-state index contributed by atoms with van der Waals surface area (Å²) in [5, 5.41) is 0. The van der Waals surface area contributed by atoms with Crippen molar-refractivity contribution < 1.29 is 9.53 Å². The molecule has 2 nitrogen and oxygen atoms in total. The van der Waals surface area contributed by atoms with Crippen LogP contribution in [0.3, 0.4) is 0 Å². The van der Waals surface area contributed by atoms with Gasteiger partial charge >= 0.3 is 0 Å². The Bertz CT molecular complexity index is 369. The molecule has 1 atom stereocenters. The number of hydrogen-bond donors (Lipinski definition) is 0. The molecule has 0 aliphatic heterocycles. The zero-order valence-electron chi connectivity index (χ0n) is 10.5. The lowest BCUT2D eigenvalue weighted by molar-refractivity contribution is 0.0923. The van der Waals surface area contributed by atoms with Gasteiger partial charge in [-0.3, -0.25) is 4.79 Å². The second-order valence-electron chi connectivity index (χ2n) is 4.24. The molecule has 0 aliphatic rings. The molecular weight excluding hydrogens is 200 g/mol. The van der Waals surface area contributed by atoms with Gasteiger partial charge in [0.2, 0.25) is 0 Å². The lowest BCUT2D eigenvalue weighted by atomic mass is 9.94. The molecule has 0 aliphatic carbocycles. The quantitative estimate of drug-likeness (QED) is 0.708. The van der Waals surface area contributed by atoms with Crippen molar-refractivity contribution in [1.29, 1.82) is 0 Å². The van der Waals surface area contributed by atoms with Gasteiger partial charge in [-0.05, 0) is 25.0 Å². The summed E-state index contributed by atoms with van der Waals surface area (Å²) < 4.78 is 5.22. The second kappa shape index (κ2) is 5.69. The first kappa shape index (κ1) is 12.8. The third-order valence-corrected chi connectivity index (χ3v) is 2.86. The average molecular weight is 220 g/mol. The van der Waals surface area contributed by atoms with E-state index < -0.39 is 0 Å². The summed E-state index contributed by atoms with van der Waals surface area (Å²) in [6.45, 7) is 6.06. The molecule has 0 bridgehead atoms. The molecule has 1 unspecified atom stereocenters. The molecule has 0 heterocycles.